The smallest absolute Gasteiger partial charge is 0.266 e. The van der Waals surface area contributed by atoms with Crippen molar-refractivity contribution >= 4 is 114 Å². The Kier molecular flexibility index (Phi) is 27.3. The lowest BCUT2D eigenvalue weighted by Gasteiger charge is -2.32. The van der Waals surface area contributed by atoms with E-state index in [4.69, 9.17) is 54.6 Å². The average Bonchev–Trinajstić information content (AvgIpc) is 2.04. The van der Waals surface area contributed by atoms with Gasteiger partial charge in [0.15, 0.2) is 23.8 Å². The lowest BCUT2D eigenvalue weighted by atomic mass is 10.2. The Morgan fingerprint density at radius 3 is 1.58 bits per heavy atom. The zero-order chi connectivity index (χ0) is 63.6. The number of fused-ring (bicyclic) bond motifs is 2. The molecular formula is C62H65Br2ClN6O14S4. The van der Waals surface area contributed by atoms with Crippen molar-refractivity contribution in [2.75, 3.05) is 100 Å². The second-order valence-electron chi connectivity index (χ2n) is 18.3. The molecule has 0 saturated heterocycles. The summed E-state index contributed by atoms with van der Waals surface area (Å²) in [5.41, 5.74) is 4.02. The highest BCUT2D eigenvalue weighted by molar-refractivity contribution is 9.11. The highest BCUT2D eigenvalue weighted by Gasteiger charge is 2.32. The fourth-order valence-electron chi connectivity index (χ4n) is 8.18. The normalized spacial score (nSPS) is 12.0. The summed E-state index contributed by atoms with van der Waals surface area (Å²) < 4.78 is 106. The Labute approximate surface area is 548 Å². The molecule has 0 aliphatic carbocycles. The number of phenols is 1. The first-order valence-electron chi connectivity index (χ1n) is 26.9. The maximum Gasteiger partial charge on any atom is 0.266 e. The van der Waals surface area contributed by atoms with Gasteiger partial charge in [-0.25, -0.2) is 35.4 Å². The van der Waals surface area contributed by atoms with Gasteiger partial charge in [-0.1, -0.05) is 72.3 Å². The molecular weight excluding hydrogens is 1380 g/mol. The predicted octanol–water partition coefficient (Wildman–Crippen LogP) is 13.8. The van der Waals surface area contributed by atoms with Crippen molar-refractivity contribution in [3.63, 3.8) is 0 Å². The van der Waals surface area contributed by atoms with E-state index in [1.54, 1.807) is 138 Å². The van der Waals surface area contributed by atoms with Crippen molar-refractivity contribution in [1.29, 1.82) is 0 Å². The van der Waals surface area contributed by atoms with Crippen LogP contribution in [-0.4, -0.2) is 113 Å². The number of hydrogen-bond acceptors (Lipinski definition) is 20. The van der Waals surface area contributed by atoms with Crippen molar-refractivity contribution in [2.24, 2.45) is 0 Å². The highest BCUT2D eigenvalue weighted by Crippen LogP contribution is 2.43. The van der Waals surface area contributed by atoms with Crippen molar-refractivity contribution in [2.45, 2.75) is 22.9 Å². The molecule has 2 aliphatic heterocycles. The van der Waals surface area contributed by atoms with Crippen LogP contribution in [-0.2, 0) is 47.3 Å². The summed E-state index contributed by atoms with van der Waals surface area (Å²) in [6.45, 7) is 2.84. The van der Waals surface area contributed by atoms with E-state index in [2.05, 4.69) is 56.8 Å². The van der Waals surface area contributed by atoms with Crippen molar-refractivity contribution in [1.82, 2.24) is 9.97 Å². The molecule has 0 spiro atoms. The molecule has 2 aliphatic rings. The van der Waals surface area contributed by atoms with Crippen molar-refractivity contribution < 1.29 is 64.6 Å². The molecule has 0 atom stereocenters. The molecule has 2 aromatic heterocycles. The Morgan fingerprint density at radius 2 is 1.09 bits per heavy atom. The maximum atomic E-state index is 13.9. The molecule has 0 unspecified atom stereocenters. The molecule has 0 fully saturated rings. The Bertz CT molecular complexity index is 3810. The molecule has 4 heterocycles. The quantitative estimate of drug-likeness (QED) is 0.0535. The third-order valence-corrected chi connectivity index (χ3v) is 19.3. The molecule has 20 nitrogen and oxygen atoms in total. The van der Waals surface area contributed by atoms with Crippen LogP contribution in [0.4, 0.5) is 27.3 Å². The molecule has 0 bridgehead atoms. The molecule has 0 saturated carbocycles. The van der Waals surface area contributed by atoms with Gasteiger partial charge in [0.2, 0.25) is 0 Å². The first-order chi connectivity index (χ1) is 43.1. The van der Waals surface area contributed by atoms with Crippen LogP contribution < -0.4 is 47.2 Å². The number of anilines is 5. The van der Waals surface area contributed by atoms with E-state index in [-0.39, 0.29) is 42.2 Å². The van der Waals surface area contributed by atoms with E-state index >= 15 is 0 Å². The summed E-state index contributed by atoms with van der Waals surface area (Å²) in [5.74, 6) is 4.17. The lowest BCUT2D eigenvalue weighted by molar-refractivity contribution is 0.0505. The van der Waals surface area contributed by atoms with Gasteiger partial charge in [0.05, 0.1) is 69.7 Å². The van der Waals surface area contributed by atoms with Crippen LogP contribution in [0.1, 0.15) is 11.1 Å². The first kappa shape index (κ1) is 69.1. The van der Waals surface area contributed by atoms with Crippen LogP contribution in [0.15, 0.2) is 200 Å². The molecule has 0 amide bonds. The third kappa shape index (κ3) is 19.6. The summed E-state index contributed by atoms with van der Waals surface area (Å²) in [4.78, 5) is 10.8. The summed E-state index contributed by atoms with van der Waals surface area (Å²) >= 11 is 14.0. The van der Waals surface area contributed by atoms with Gasteiger partial charge >= 0.3 is 0 Å². The fraction of sp³-hybridized carbons (Fsp3) is 0.226. The Balaban J connectivity index is 0.000000191. The summed E-state index contributed by atoms with van der Waals surface area (Å²) in [7, 11) is 0.0986. The number of rotatable bonds is 20. The van der Waals surface area contributed by atoms with Gasteiger partial charge in [0, 0.05) is 63.2 Å². The number of phenolic OH excluding ortho intramolecular Hbond substituents is 1. The van der Waals surface area contributed by atoms with Gasteiger partial charge in [-0.05, 0) is 128 Å². The molecule has 9 aromatic rings. The SMILES string of the molecule is COCCl.COCOc1ccccc1Br.COCOc1ccccc1N1CCOc2cc(S(=O)(=O)N(Cc3ccc(OC)cc3)c3nccs3)ccc21.COc1ccc(CN(c2nccs2)S(=O)(=O)c2ccc3c(c2)OCCN3)cc1.Oc1ccccc1Br. The number of hydrogen-bond donors (Lipinski definition) is 2. The van der Waals surface area contributed by atoms with Gasteiger partial charge in [-0.2, -0.15) is 0 Å². The van der Waals surface area contributed by atoms with Crippen LogP contribution in [0.25, 0.3) is 0 Å². The van der Waals surface area contributed by atoms with E-state index in [9.17, 15) is 16.8 Å². The van der Waals surface area contributed by atoms with Crippen LogP contribution in [0, 0.1) is 0 Å². The molecule has 89 heavy (non-hydrogen) atoms. The van der Waals surface area contributed by atoms with E-state index in [0.717, 1.165) is 42.9 Å². The third-order valence-electron chi connectivity index (χ3n) is 12.5. The number of nitrogens with one attached hydrogen (secondary N) is 1. The van der Waals surface area contributed by atoms with Gasteiger partial charge in [0.25, 0.3) is 20.0 Å². The standard InChI is InChI=1S/C27H27N3O6S2.C19H19N3O4S2.C8H9BrO2.C6H5BrO.C2H5ClO/c1-33-19-36-25-6-4-3-5-23(25)29-14-15-35-26-17-22(11-12-24(26)29)38(31,32)30(27-28-13-16-37-27)18-20-7-9-21(34-2)10-8-20;1-25-15-4-2-14(3-5-15)13-22(19-21-9-11-27-19)28(23,24)16-6-7-17-18(12-16)26-10-8-20-17;1-10-6-11-8-5-3-2-4-7(8)9;7-5-3-1-2-4-6(5)8;1-4-2-3/h3-13,16-17H,14-15,18-19H2,1-2H3;2-7,9,11-12,20H,8,10,13H2,1H3;2-5H,6H2,1H3;1-4,8H;2H2,1H3. The van der Waals surface area contributed by atoms with Crippen LogP contribution in [0.3, 0.4) is 0 Å². The molecule has 2 N–H and O–H groups in total. The topological polar surface area (TPSA) is 219 Å². The molecule has 0 radical (unpaired) electrons. The lowest BCUT2D eigenvalue weighted by Crippen LogP contribution is -2.32. The molecule has 27 heteroatoms. The second kappa shape index (κ2) is 35.1. The Morgan fingerprint density at radius 1 is 0.596 bits per heavy atom. The maximum absolute atomic E-state index is 13.9. The number of thiazole rings is 2. The van der Waals surface area contributed by atoms with E-state index in [1.807, 2.05) is 78.9 Å². The minimum absolute atomic E-state index is 0.116. The van der Waals surface area contributed by atoms with Gasteiger partial charge in [-0.15, -0.1) is 22.7 Å². The zero-order valence-electron chi connectivity index (χ0n) is 48.9. The molecule has 7 aromatic carbocycles. The van der Waals surface area contributed by atoms with Gasteiger partial charge in [0.1, 0.15) is 59.5 Å². The number of methoxy groups -OCH3 is 5. The van der Waals surface area contributed by atoms with Crippen molar-refractivity contribution in [3.8, 4) is 40.2 Å². The second-order valence-corrected chi connectivity index (χ2v) is 25.7. The van der Waals surface area contributed by atoms with Crippen LogP contribution in [0.2, 0.25) is 0 Å². The Hall–Kier alpha value is -7.37. The first-order valence-corrected chi connectivity index (χ1v) is 33.6. The minimum atomic E-state index is -3.96. The van der Waals surface area contributed by atoms with Gasteiger partial charge < -0.3 is 58.0 Å². The number of aromatic nitrogens is 2. The number of halogens is 3. The fourth-order valence-corrected chi connectivity index (χ4v) is 13.5. The highest BCUT2D eigenvalue weighted by atomic mass is 79.9. The van der Waals surface area contributed by atoms with E-state index in [0.29, 0.717) is 71.4 Å². The van der Waals surface area contributed by atoms with Crippen LogP contribution in [0.5, 0.6) is 40.2 Å². The number of nitrogens with zero attached hydrogens (tertiary/aromatic N) is 5. The number of sulfonamides is 2. The number of aromatic hydroxyl groups is 1. The summed E-state index contributed by atoms with van der Waals surface area (Å²) in [6.07, 6.45) is 3.18. The number of para-hydroxylation sites is 4. The number of ether oxygens (including phenoxy) is 9. The van der Waals surface area contributed by atoms with Crippen LogP contribution >= 0.6 is 66.1 Å². The zero-order valence-corrected chi connectivity index (χ0v) is 56.1. The minimum Gasteiger partial charge on any atom is -0.507 e. The van der Waals surface area contributed by atoms with Gasteiger partial charge in [-0.3, -0.25) is 0 Å². The average molecular weight is 1440 g/mol. The largest absolute Gasteiger partial charge is 0.507 e. The summed E-state index contributed by atoms with van der Waals surface area (Å²) in [6, 6.07) is 47.0. The van der Waals surface area contributed by atoms with E-state index < -0.39 is 20.0 Å². The number of alkyl halides is 1. The molecule has 472 valence electrons. The van der Waals surface area contributed by atoms with Crippen molar-refractivity contribution in [3.05, 3.63) is 201 Å². The monoisotopic (exact) mass is 1440 g/mol. The number of benzene rings is 7. The predicted molar refractivity (Wildman–Crippen MR) is 355 cm³/mol. The molecule has 11 rings (SSSR count). The van der Waals surface area contributed by atoms with E-state index in [1.165, 1.54) is 31.3 Å². The summed E-state index contributed by atoms with van der Waals surface area (Å²) in [5, 5.41) is 16.4.